The van der Waals surface area contributed by atoms with E-state index >= 15 is 0 Å². The number of esters is 1. The van der Waals surface area contributed by atoms with Crippen LogP contribution in [0.15, 0.2) is 59.5 Å². The number of benzene rings is 2. The van der Waals surface area contributed by atoms with Crippen molar-refractivity contribution in [3.8, 4) is 5.75 Å². The molecule has 2 aromatic rings. The molecule has 0 aliphatic rings. The van der Waals surface area contributed by atoms with Crippen molar-refractivity contribution < 1.29 is 22.7 Å². The first-order chi connectivity index (χ1) is 11.4. The van der Waals surface area contributed by atoms with Crippen LogP contribution < -0.4 is 9.04 Å². The third kappa shape index (κ3) is 4.26. The maximum atomic E-state index is 12.7. The first kappa shape index (κ1) is 17.8. The topological polar surface area (TPSA) is 72.9 Å². The fourth-order valence-corrected chi connectivity index (χ4v) is 3.24. The average Bonchev–Trinajstić information content (AvgIpc) is 2.60. The summed E-state index contributed by atoms with van der Waals surface area (Å²) in [5.74, 6) is -0.224. The van der Waals surface area contributed by atoms with Crippen LogP contribution in [-0.4, -0.2) is 34.6 Å². The Balaban J connectivity index is 2.19. The third-order valence-electron chi connectivity index (χ3n) is 3.25. The van der Waals surface area contributed by atoms with Crippen LogP contribution in [0.25, 0.3) is 0 Å². The van der Waals surface area contributed by atoms with Gasteiger partial charge in [0, 0.05) is 13.1 Å². The van der Waals surface area contributed by atoms with Gasteiger partial charge in [0.15, 0.2) is 6.61 Å². The number of anilines is 1. The summed E-state index contributed by atoms with van der Waals surface area (Å²) in [4.78, 5) is 11.4. The number of carbonyl (C=O) groups excluding carboxylic acids is 1. The molecule has 0 atom stereocenters. The first-order valence-electron chi connectivity index (χ1n) is 7.37. The zero-order chi connectivity index (χ0) is 17.6. The minimum atomic E-state index is -3.73. The van der Waals surface area contributed by atoms with Crippen LogP contribution in [0.2, 0.25) is 0 Å². The predicted molar refractivity (Wildman–Crippen MR) is 90.6 cm³/mol. The normalized spacial score (nSPS) is 10.9. The average molecular weight is 349 g/mol. The Hall–Kier alpha value is -2.54. The van der Waals surface area contributed by atoms with Crippen LogP contribution in [0.4, 0.5) is 5.69 Å². The molecule has 0 aliphatic heterocycles. The number of sulfonamides is 1. The van der Waals surface area contributed by atoms with Crippen molar-refractivity contribution in [1.82, 2.24) is 0 Å². The van der Waals surface area contributed by atoms with E-state index in [0.29, 0.717) is 5.69 Å². The molecule has 128 valence electrons. The Kier molecular flexibility index (Phi) is 5.81. The van der Waals surface area contributed by atoms with Gasteiger partial charge in [-0.15, -0.1) is 0 Å². The molecule has 0 radical (unpaired) electrons. The molecule has 0 bridgehead atoms. The van der Waals surface area contributed by atoms with Gasteiger partial charge in [0.05, 0.1) is 17.2 Å². The molecule has 0 unspecified atom stereocenters. The van der Waals surface area contributed by atoms with Gasteiger partial charge >= 0.3 is 5.97 Å². The van der Waals surface area contributed by atoms with Crippen LogP contribution in [0.1, 0.15) is 6.92 Å². The summed E-state index contributed by atoms with van der Waals surface area (Å²) in [5, 5.41) is 0. The number of ether oxygens (including phenoxy) is 2. The van der Waals surface area contributed by atoms with Crippen molar-refractivity contribution in [3.05, 3.63) is 54.6 Å². The second-order valence-corrected chi connectivity index (χ2v) is 6.85. The fraction of sp³-hybridized carbons (Fsp3) is 0.235. The van der Waals surface area contributed by atoms with Crippen molar-refractivity contribution in [2.45, 2.75) is 11.8 Å². The zero-order valence-corrected chi connectivity index (χ0v) is 14.3. The second-order valence-electron chi connectivity index (χ2n) is 4.88. The molecular formula is C17H19NO5S. The van der Waals surface area contributed by atoms with Crippen molar-refractivity contribution in [3.63, 3.8) is 0 Å². The lowest BCUT2D eigenvalue weighted by Crippen LogP contribution is -2.26. The van der Waals surface area contributed by atoms with E-state index in [2.05, 4.69) is 0 Å². The summed E-state index contributed by atoms with van der Waals surface area (Å²) in [6, 6.07) is 14.8. The summed E-state index contributed by atoms with van der Waals surface area (Å²) in [6.45, 7) is 1.69. The number of nitrogens with zero attached hydrogens (tertiary/aromatic N) is 1. The molecule has 0 spiro atoms. The van der Waals surface area contributed by atoms with Crippen LogP contribution in [-0.2, 0) is 19.6 Å². The van der Waals surface area contributed by atoms with Gasteiger partial charge in [-0.1, -0.05) is 24.3 Å². The van der Waals surface area contributed by atoms with Gasteiger partial charge in [-0.3, -0.25) is 4.31 Å². The number of rotatable bonds is 7. The van der Waals surface area contributed by atoms with Crippen molar-refractivity contribution >= 4 is 21.7 Å². The molecule has 24 heavy (non-hydrogen) atoms. The van der Waals surface area contributed by atoms with E-state index in [-0.39, 0.29) is 23.9 Å². The maximum Gasteiger partial charge on any atom is 0.344 e. The molecule has 2 aromatic carbocycles. The Morgan fingerprint density at radius 3 is 2.46 bits per heavy atom. The fourth-order valence-electron chi connectivity index (χ4n) is 2.00. The predicted octanol–water partition coefficient (Wildman–Crippen LogP) is 2.45. The number of hydrogen-bond donors (Lipinski definition) is 0. The van der Waals surface area contributed by atoms with Gasteiger partial charge in [0.1, 0.15) is 5.75 Å². The molecule has 0 aromatic heterocycles. The van der Waals surface area contributed by atoms with E-state index < -0.39 is 16.0 Å². The van der Waals surface area contributed by atoms with Crippen LogP contribution >= 0.6 is 0 Å². The van der Waals surface area contributed by atoms with E-state index in [1.807, 2.05) is 6.07 Å². The van der Waals surface area contributed by atoms with Gasteiger partial charge in [-0.05, 0) is 31.2 Å². The summed E-state index contributed by atoms with van der Waals surface area (Å²) in [6.07, 6.45) is 0. The van der Waals surface area contributed by atoms with Gasteiger partial charge in [-0.2, -0.15) is 0 Å². The standard InChI is InChI=1S/C17H19NO5S/c1-3-22-17(19)13-23-15-10-7-11-16(12-15)24(20,21)18(2)14-8-5-4-6-9-14/h4-12H,3,13H2,1-2H3. The monoisotopic (exact) mass is 349 g/mol. The molecule has 0 saturated heterocycles. The summed E-state index contributed by atoms with van der Waals surface area (Å²) in [5.41, 5.74) is 0.551. The molecule has 0 saturated carbocycles. The van der Waals surface area contributed by atoms with Gasteiger partial charge < -0.3 is 9.47 Å². The number of para-hydroxylation sites is 1. The van der Waals surface area contributed by atoms with Crippen molar-refractivity contribution in [2.24, 2.45) is 0 Å². The lowest BCUT2D eigenvalue weighted by Gasteiger charge is -2.19. The highest BCUT2D eigenvalue weighted by atomic mass is 32.2. The molecule has 7 heteroatoms. The first-order valence-corrected chi connectivity index (χ1v) is 8.81. The molecule has 0 N–H and O–H groups in total. The van der Waals surface area contributed by atoms with Gasteiger partial charge in [0.2, 0.25) is 0 Å². The Bertz CT molecular complexity index is 790. The smallest absolute Gasteiger partial charge is 0.344 e. The largest absolute Gasteiger partial charge is 0.482 e. The minimum absolute atomic E-state index is 0.0789. The molecule has 0 amide bonds. The minimum Gasteiger partial charge on any atom is -0.482 e. The van der Waals surface area contributed by atoms with Crippen LogP contribution in [0.5, 0.6) is 5.75 Å². The van der Waals surface area contributed by atoms with Crippen LogP contribution in [0, 0.1) is 0 Å². The van der Waals surface area contributed by atoms with Gasteiger partial charge in [0.25, 0.3) is 10.0 Å². The molecule has 0 heterocycles. The maximum absolute atomic E-state index is 12.7. The van der Waals surface area contributed by atoms with E-state index in [9.17, 15) is 13.2 Å². The highest BCUT2D eigenvalue weighted by Crippen LogP contribution is 2.24. The molecule has 6 nitrogen and oxygen atoms in total. The lowest BCUT2D eigenvalue weighted by molar-refractivity contribution is -0.145. The molecule has 2 rings (SSSR count). The number of carbonyl (C=O) groups is 1. The quantitative estimate of drug-likeness (QED) is 0.718. The van der Waals surface area contributed by atoms with Crippen LogP contribution in [0.3, 0.4) is 0 Å². The van der Waals surface area contributed by atoms with Crippen molar-refractivity contribution in [1.29, 1.82) is 0 Å². The van der Waals surface area contributed by atoms with E-state index in [1.54, 1.807) is 43.3 Å². The molecule has 0 aliphatic carbocycles. The van der Waals surface area contributed by atoms with E-state index in [0.717, 1.165) is 0 Å². The third-order valence-corrected chi connectivity index (χ3v) is 5.03. The van der Waals surface area contributed by atoms with Crippen molar-refractivity contribution in [2.75, 3.05) is 24.6 Å². The zero-order valence-electron chi connectivity index (χ0n) is 13.5. The summed E-state index contributed by atoms with van der Waals surface area (Å²) >= 11 is 0. The highest BCUT2D eigenvalue weighted by molar-refractivity contribution is 7.92. The second kappa shape index (κ2) is 7.83. The Morgan fingerprint density at radius 2 is 1.79 bits per heavy atom. The molecular weight excluding hydrogens is 330 g/mol. The lowest BCUT2D eigenvalue weighted by atomic mass is 10.3. The summed E-state index contributed by atoms with van der Waals surface area (Å²) < 4.78 is 36.7. The Morgan fingerprint density at radius 1 is 1.08 bits per heavy atom. The highest BCUT2D eigenvalue weighted by Gasteiger charge is 2.21. The number of hydrogen-bond acceptors (Lipinski definition) is 5. The Labute approximate surface area is 141 Å². The van der Waals surface area contributed by atoms with Gasteiger partial charge in [-0.25, -0.2) is 13.2 Å². The van der Waals surface area contributed by atoms with E-state index in [4.69, 9.17) is 9.47 Å². The van der Waals surface area contributed by atoms with E-state index in [1.165, 1.54) is 23.5 Å². The SMILES string of the molecule is CCOC(=O)COc1cccc(S(=O)(=O)N(C)c2ccccc2)c1. The summed E-state index contributed by atoms with van der Waals surface area (Å²) in [7, 11) is -2.24. The molecule has 0 fully saturated rings.